The summed E-state index contributed by atoms with van der Waals surface area (Å²) in [5.41, 5.74) is 2.39. The first kappa shape index (κ1) is 23.6. The highest BCUT2D eigenvalue weighted by molar-refractivity contribution is 7.92. The molecule has 0 spiro atoms. The summed E-state index contributed by atoms with van der Waals surface area (Å²) in [7, 11) is -1.40. The number of rotatable bonds is 8. The van der Waals surface area contributed by atoms with E-state index in [9.17, 15) is 22.4 Å². The number of hydrogen-bond acceptors (Lipinski definition) is 8. The number of para-hydroxylation sites is 1. The van der Waals surface area contributed by atoms with E-state index in [1.165, 1.54) is 49.7 Å². The average molecular weight is 453 g/mol. The third-order valence-corrected chi connectivity index (χ3v) is 4.89. The second-order valence-corrected chi connectivity index (χ2v) is 7.89. The Morgan fingerprint density at radius 3 is 2.48 bits per heavy atom. The number of anilines is 1. The Labute approximate surface area is 178 Å². The van der Waals surface area contributed by atoms with Gasteiger partial charge in [0.1, 0.15) is 12.4 Å². The molecule has 0 aliphatic carbocycles. The fourth-order valence-electron chi connectivity index (χ4n) is 2.36. The van der Waals surface area contributed by atoms with Gasteiger partial charge in [-0.2, -0.15) is 5.10 Å². The van der Waals surface area contributed by atoms with E-state index in [4.69, 9.17) is 9.47 Å². The molecule has 10 nitrogen and oxygen atoms in total. The molecule has 0 atom stereocenters. The van der Waals surface area contributed by atoms with Crippen molar-refractivity contribution >= 4 is 34.0 Å². The first-order valence-electron chi connectivity index (χ1n) is 8.63. The SMILES string of the molecule is COC(=O)Oc1ccc(/C=N/NC(=O)CN(c2ccccc2F)S(C)(=O)=O)cc1OC. The molecule has 166 valence electrons. The number of methoxy groups -OCH3 is 2. The summed E-state index contributed by atoms with van der Waals surface area (Å²) in [6, 6.07) is 9.63. The van der Waals surface area contributed by atoms with Crippen LogP contribution in [0.25, 0.3) is 0 Å². The fraction of sp³-hybridized carbons (Fsp3) is 0.211. The fourth-order valence-corrected chi connectivity index (χ4v) is 3.22. The topological polar surface area (TPSA) is 124 Å². The van der Waals surface area contributed by atoms with Gasteiger partial charge in [0.15, 0.2) is 11.5 Å². The van der Waals surface area contributed by atoms with Crippen LogP contribution >= 0.6 is 0 Å². The zero-order valence-electron chi connectivity index (χ0n) is 16.9. The summed E-state index contributed by atoms with van der Waals surface area (Å²) >= 11 is 0. The number of ether oxygens (including phenoxy) is 3. The summed E-state index contributed by atoms with van der Waals surface area (Å²) in [5, 5.41) is 3.75. The molecular formula is C19H20FN3O7S. The van der Waals surface area contributed by atoms with Crippen LogP contribution in [0.15, 0.2) is 47.6 Å². The molecule has 1 N–H and O–H groups in total. The standard InChI is InChI=1S/C19H20FN3O7S/c1-28-17-10-13(8-9-16(17)30-19(25)29-2)11-21-22-18(24)12-23(31(3,26)27)15-7-5-4-6-14(15)20/h4-11H,12H2,1-3H3,(H,22,24)/b21-11+. The van der Waals surface area contributed by atoms with Crippen molar-refractivity contribution in [3.63, 3.8) is 0 Å². The molecule has 31 heavy (non-hydrogen) atoms. The minimum atomic E-state index is -3.93. The number of sulfonamides is 1. The quantitative estimate of drug-likeness (QED) is 0.280. The van der Waals surface area contributed by atoms with Gasteiger partial charge in [-0.05, 0) is 35.9 Å². The summed E-state index contributed by atoms with van der Waals surface area (Å²) in [6.07, 6.45) is 1.20. The molecule has 0 fully saturated rings. The van der Waals surface area contributed by atoms with Crippen molar-refractivity contribution in [2.75, 3.05) is 31.3 Å². The largest absolute Gasteiger partial charge is 0.513 e. The molecule has 0 aliphatic heterocycles. The third kappa shape index (κ3) is 6.67. The number of carbonyl (C=O) groups is 2. The van der Waals surface area contributed by atoms with Crippen LogP contribution in [0.2, 0.25) is 0 Å². The second kappa shape index (κ2) is 10.4. The van der Waals surface area contributed by atoms with Gasteiger partial charge in [-0.1, -0.05) is 12.1 Å². The number of nitrogens with zero attached hydrogens (tertiary/aromatic N) is 2. The van der Waals surface area contributed by atoms with Crippen molar-refractivity contribution in [2.45, 2.75) is 0 Å². The normalized spacial score (nSPS) is 11.1. The second-order valence-electron chi connectivity index (χ2n) is 5.98. The molecule has 2 rings (SSSR count). The van der Waals surface area contributed by atoms with Crippen molar-refractivity contribution < 1.29 is 36.6 Å². The van der Waals surface area contributed by atoms with Crippen LogP contribution in [0.3, 0.4) is 0 Å². The highest BCUT2D eigenvalue weighted by Gasteiger charge is 2.23. The first-order chi connectivity index (χ1) is 14.7. The third-order valence-electron chi connectivity index (χ3n) is 3.76. The average Bonchev–Trinajstić information content (AvgIpc) is 2.72. The van der Waals surface area contributed by atoms with Crippen molar-refractivity contribution in [1.82, 2.24) is 5.43 Å². The molecule has 0 radical (unpaired) electrons. The van der Waals surface area contributed by atoms with Crippen LogP contribution in [0.1, 0.15) is 5.56 Å². The lowest BCUT2D eigenvalue weighted by atomic mass is 10.2. The van der Waals surface area contributed by atoms with E-state index in [0.29, 0.717) is 9.87 Å². The Hall–Kier alpha value is -3.67. The summed E-state index contributed by atoms with van der Waals surface area (Å²) < 4.78 is 53.1. The van der Waals surface area contributed by atoms with Crippen LogP contribution in [0, 0.1) is 5.82 Å². The molecule has 0 saturated carbocycles. The Bertz CT molecular complexity index is 1090. The minimum Gasteiger partial charge on any atom is -0.493 e. The van der Waals surface area contributed by atoms with Crippen LogP contribution in [0.5, 0.6) is 11.5 Å². The van der Waals surface area contributed by atoms with Crippen LogP contribution in [-0.4, -0.2) is 53.7 Å². The maximum absolute atomic E-state index is 14.0. The van der Waals surface area contributed by atoms with Crippen molar-refractivity contribution in [3.8, 4) is 11.5 Å². The number of hydrazone groups is 1. The van der Waals surface area contributed by atoms with E-state index in [2.05, 4.69) is 15.3 Å². The van der Waals surface area contributed by atoms with Gasteiger partial charge in [-0.15, -0.1) is 0 Å². The summed E-state index contributed by atoms with van der Waals surface area (Å²) in [4.78, 5) is 23.4. The van der Waals surface area contributed by atoms with Gasteiger partial charge < -0.3 is 14.2 Å². The predicted octanol–water partition coefficient (Wildman–Crippen LogP) is 1.90. The molecule has 0 aliphatic rings. The molecule has 0 saturated heterocycles. The van der Waals surface area contributed by atoms with E-state index in [-0.39, 0.29) is 17.2 Å². The van der Waals surface area contributed by atoms with Crippen LogP contribution in [0.4, 0.5) is 14.9 Å². The number of amides is 1. The monoisotopic (exact) mass is 453 g/mol. The molecule has 2 aromatic rings. The Balaban J connectivity index is 2.09. The lowest BCUT2D eigenvalue weighted by Gasteiger charge is -2.21. The molecular weight excluding hydrogens is 433 g/mol. The van der Waals surface area contributed by atoms with Gasteiger partial charge in [0.2, 0.25) is 10.0 Å². The van der Waals surface area contributed by atoms with E-state index < -0.39 is 34.4 Å². The smallest absolute Gasteiger partial charge is 0.493 e. The molecule has 0 unspecified atom stereocenters. The van der Waals surface area contributed by atoms with E-state index in [1.54, 1.807) is 0 Å². The lowest BCUT2D eigenvalue weighted by molar-refractivity contribution is -0.119. The van der Waals surface area contributed by atoms with E-state index in [1.807, 2.05) is 0 Å². The number of nitrogens with one attached hydrogen (secondary N) is 1. The van der Waals surface area contributed by atoms with Gasteiger partial charge in [-0.25, -0.2) is 23.0 Å². The zero-order valence-corrected chi connectivity index (χ0v) is 17.7. The van der Waals surface area contributed by atoms with Crippen LogP contribution in [-0.2, 0) is 19.6 Å². The molecule has 0 heterocycles. The van der Waals surface area contributed by atoms with E-state index >= 15 is 0 Å². The summed E-state index contributed by atoms with van der Waals surface area (Å²) in [6.45, 7) is -0.674. The Morgan fingerprint density at radius 1 is 1.16 bits per heavy atom. The van der Waals surface area contributed by atoms with Gasteiger partial charge in [0.05, 0.1) is 32.4 Å². The lowest BCUT2D eigenvalue weighted by Crippen LogP contribution is -2.39. The van der Waals surface area contributed by atoms with Crippen molar-refractivity contribution in [1.29, 1.82) is 0 Å². The summed E-state index contributed by atoms with van der Waals surface area (Å²) in [5.74, 6) is -1.25. The van der Waals surface area contributed by atoms with Gasteiger partial charge >= 0.3 is 6.16 Å². The number of hydrogen-bond donors (Lipinski definition) is 1. The van der Waals surface area contributed by atoms with Gasteiger partial charge in [0.25, 0.3) is 5.91 Å². The number of carbonyl (C=O) groups excluding carboxylic acids is 2. The highest BCUT2D eigenvalue weighted by Crippen LogP contribution is 2.28. The van der Waals surface area contributed by atoms with Crippen LogP contribution < -0.4 is 19.2 Å². The zero-order chi connectivity index (χ0) is 23.0. The molecule has 0 bridgehead atoms. The minimum absolute atomic E-state index is 0.115. The van der Waals surface area contributed by atoms with Crippen molar-refractivity contribution in [2.24, 2.45) is 5.10 Å². The predicted molar refractivity (Wildman–Crippen MR) is 110 cm³/mol. The molecule has 1 amide bonds. The highest BCUT2D eigenvalue weighted by atomic mass is 32.2. The maximum atomic E-state index is 14.0. The molecule has 0 aromatic heterocycles. The molecule has 2 aromatic carbocycles. The van der Waals surface area contributed by atoms with Gasteiger partial charge in [-0.3, -0.25) is 9.10 Å². The number of benzene rings is 2. The first-order valence-corrected chi connectivity index (χ1v) is 10.5. The maximum Gasteiger partial charge on any atom is 0.513 e. The Morgan fingerprint density at radius 2 is 1.87 bits per heavy atom. The van der Waals surface area contributed by atoms with Crippen molar-refractivity contribution in [3.05, 3.63) is 53.8 Å². The molecule has 12 heteroatoms. The number of halogens is 1. The van der Waals surface area contributed by atoms with E-state index in [0.717, 1.165) is 19.4 Å². The van der Waals surface area contributed by atoms with Gasteiger partial charge in [0, 0.05) is 0 Å². The Kier molecular flexibility index (Phi) is 7.91.